The van der Waals surface area contributed by atoms with Crippen molar-refractivity contribution in [1.82, 2.24) is 10.3 Å². The Hall–Kier alpha value is -2.09. The van der Waals surface area contributed by atoms with Gasteiger partial charge in [0.1, 0.15) is 17.9 Å². The minimum absolute atomic E-state index is 0.0892. The Morgan fingerprint density at radius 1 is 1.58 bits per heavy atom. The first-order chi connectivity index (χ1) is 9.15. The Morgan fingerprint density at radius 3 is 3.05 bits per heavy atom. The largest absolute Gasteiger partial charge is 0.358 e. The van der Waals surface area contributed by atoms with E-state index in [-0.39, 0.29) is 5.91 Å². The van der Waals surface area contributed by atoms with Crippen molar-refractivity contribution >= 4 is 11.7 Å². The van der Waals surface area contributed by atoms with Gasteiger partial charge < -0.3 is 10.6 Å². The molecular formula is C14H18N4O. The maximum absolute atomic E-state index is 11.7. The lowest BCUT2D eigenvalue weighted by molar-refractivity contribution is -0.121. The number of fused-ring (bicyclic) bond motifs is 1. The van der Waals surface area contributed by atoms with Gasteiger partial charge in [-0.3, -0.25) is 4.79 Å². The Labute approximate surface area is 113 Å². The first-order valence-electron chi connectivity index (χ1n) is 6.62. The fraction of sp³-hybridized carbons (Fsp3) is 0.500. The molecule has 0 bridgehead atoms. The molecule has 1 atom stereocenters. The summed E-state index contributed by atoms with van der Waals surface area (Å²) in [5, 5.41) is 14.9. The Kier molecular flexibility index (Phi) is 4.00. The second-order valence-electron chi connectivity index (χ2n) is 4.72. The molecule has 0 saturated heterocycles. The van der Waals surface area contributed by atoms with Gasteiger partial charge in [-0.25, -0.2) is 4.98 Å². The smallest absolute Gasteiger partial charge is 0.242 e. The van der Waals surface area contributed by atoms with Crippen molar-refractivity contribution < 1.29 is 4.79 Å². The normalized spacial score (nSPS) is 14.4. The van der Waals surface area contributed by atoms with E-state index in [9.17, 15) is 10.1 Å². The van der Waals surface area contributed by atoms with Crippen molar-refractivity contribution in [2.45, 2.75) is 39.2 Å². The zero-order chi connectivity index (χ0) is 13.8. The van der Waals surface area contributed by atoms with E-state index in [2.05, 4.69) is 21.7 Å². The molecule has 1 heterocycles. The summed E-state index contributed by atoms with van der Waals surface area (Å²) < 4.78 is 0. The van der Waals surface area contributed by atoms with Gasteiger partial charge in [0.2, 0.25) is 5.91 Å². The summed E-state index contributed by atoms with van der Waals surface area (Å²) >= 11 is 0. The standard InChI is InChI=1S/C14H18N4O/c1-3-16-14(19)9(2)17-13-11(8-15)7-10-5-4-6-12(10)18-13/h7,9H,3-6H2,1-2H3,(H,16,19)(H,17,18). The van der Waals surface area contributed by atoms with Crippen molar-refractivity contribution in [2.24, 2.45) is 0 Å². The summed E-state index contributed by atoms with van der Waals surface area (Å²) in [5.41, 5.74) is 2.72. The molecule has 2 N–H and O–H groups in total. The second-order valence-corrected chi connectivity index (χ2v) is 4.72. The summed E-state index contributed by atoms with van der Waals surface area (Å²) in [4.78, 5) is 16.2. The van der Waals surface area contributed by atoms with E-state index >= 15 is 0 Å². The first kappa shape index (κ1) is 13.3. The fourth-order valence-electron chi connectivity index (χ4n) is 2.27. The average molecular weight is 258 g/mol. The lowest BCUT2D eigenvalue weighted by Crippen LogP contribution is -2.37. The number of aromatic nitrogens is 1. The molecule has 1 amide bonds. The molecule has 0 radical (unpaired) electrons. The SMILES string of the molecule is CCNC(=O)C(C)Nc1nc2c(cc1C#N)CCC2. The highest BCUT2D eigenvalue weighted by Crippen LogP contribution is 2.25. The van der Waals surface area contributed by atoms with Gasteiger partial charge in [0.05, 0.1) is 5.56 Å². The van der Waals surface area contributed by atoms with Crippen LogP contribution in [0, 0.1) is 11.3 Å². The molecule has 1 aromatic heterocycles. The van der Waals surface area contributed by atoms with Crippen LogP contribution in [0.1, 0.15) is 37.1 Å². The van der Waals surface area contributed by atoms with Crippen molar-refractivity contribution in [3.63, 3.8) is 0 Å². The number of carbonyl (C=O) groups is 1. The number of rotatable bonds is 4. The van der Waals surface area contributed by atoms with Crippen LogP contribution in [-0.2, 0) is 17.6 Å². The zero-order valence-electron chi connectivity index (χ0n) is 11.3. The number of likely N-dealkylation sites (N-methyl/N-ethyl adjacent to an activating group) is 1. The Balaban J connectivity index is 2.20. The summed E-state index contributed by atoms with van der Waals surface area (Å²) in [7, 11) is 0. The van der Waals surface area contributed by atoms with Crippen LogP contribution in [0.4, 0.5) is 5.82 Å². The summed E-state index contributed by atoms with van der Waals surface area (Å²) in [5.74, 6) is 0.426. The third-order valence-electron chi connectivity index (χ3n) is 3.27. The molecule has 0 spiro atoms. The summed E-state index contributed by atoms with van der Waals surface area (Å²) in [6.07, 6.45) is 3.02. The number of hydrogen-bond acceptors (Lipinski definition) is 4. The Morgan fingerprint density at radius 2 is 2.37 bits per heavy atom. The number of nitrogens with zero attached hydrogens (tertiary/aromatic N) is 2. The first-order valence-corrected chi connectivity index (χ1v) is 6.62. The van der Waals surface area contributed by atoms with E-state index in [1.807, 2.05) is 13.0 Å². The van der Waals surface area contributed by atoms with E-state index in [4.69, 9.17) is 0 Å². The molecule has 1 aliphatic rings. The molecule has 1 aliphatic carbocycles. The van der Waals surface area contributed by atoms with Crippen LogP contribution in [0.15, 0.2) is 6.07 Å². The van der Waals surface area contributed by atoms with Gasteiger partial charge in [-0.05, 0) is 44.7 Å². The predicted molar refractivity (Wildman–Crippen MR) is 72.7 cm³/mol. The Bertz CT molecular complexity index is 533. The van der Waals surface area contributed by atoms with Crippen molar-refractivity contribution in [3.05, 3.63) is 22.9 Å². The quantitative estimate of drug-likeness (QED) is 0.855. The van der Waals surface area contributed by atoms with Gasteiger partial charge in [0, 0.05) is 12.2 Å². The van der Waals surface area contributed by atoms with Crippen LogP contribution in [-0.4, -0.2) is 23.5 Å². The van der Waals surface area contributed by atoms with Gasteiger partial charge >= 0.3 is 0 Å². The second kappa shape index (κ2) is 5.70. The molecule has 1 aromatic rings. The highest BCUT2D eigenvalue weighted by atomic mass is 16.2. The van der Waals surface area contributed by atoms with Crippen LogP contribution in [0.2, 0.25) is 0 Å². The predicted octanol–water partition coefficient (Wildman–Crippen LogP) is 1.38. The monoisotopic (exact) mass is 258 g/mol. The lowest BCUT2D eigenvalue weighted by atomic mass is 10.1. The van der Waals surface area contributed by atoms with Crippen LogP contribution in [0.5, 0.6) is 0 Å². The molecule has 100 valence electrons. The van der Waals surface area contributed by atoms with Crippen molar-refractivity contribution in [1.29, 1.82) is 5.26 Å². The zero-order valence-corrected chi connectivity index (χ0v) is 11.3. The number of nitrogens with one attached hydrogen (secondary N) is 2. The summed E-state index contributed by atoms with van der Waals surface area (Å²) in [6, 6.07) is 3.63. The number of anilines is 1. The number of hydrogen-bond donors (Lipinski definition) is 2. The van der Waals surface area contributed by atoms with Crippen LogP contribution < -0.4 is 10.6 Å². The van der Waals surface area contributed by atoms with E-state index in [1.165, 1.54) is 0 Å². The van der Waals surface area contributed by atoms with Crippen molar-refractivity contribution in [3.8, 4) is 6.07 Å². The van der Waals surface area contributed by atoms with E-state index in [1.54, 1.807) is 6.92 Å². The van der Waals surface area contributed by atoms with E-state index in [0.717, 1.165) is 30.5 Å². The number of nitriles is 1. The molecule has 0 aromatic carbocycles. The van der Waals surface area contributed by atoms with E-state index < -0.39 is 6.04 Å². The van der Waals surface area contributed by atoms with Gasteiger partial charge in [0.25, 0.3) is 0 Å². The van der Waals surface area contributed by atoms with E-state index in [0.29, 0.717) is 17.9 Å². The third-order valence-corrected chi connectivity index (χ3v) is 3.27. The molecule has 2 rings (SSSR count). The van der Waals surface area contributed by atoms with Crippen LogP contribution in [0.3, 0.4) is 0 Å². The lowest BCUT2D eigenvalue weighted by Gasteiger charge is -2.15. The summed E-state index contributed by atoms with van der Waals surface area (Å²) in [6.45, 7) is 4.23. The number of pyridine rings is 1. The molecule has 5 heteroatoms. The molecule has 0 saturated carbocycles. The van der Waals surface area contributed by atoms with Crippen LogP contribution >= 0.6 is 0 Å². The van der Waals surface area contributed by atoms with Gasteiger partial charge in [0.15, 0.2) is 0 Å². The number of amides is 1. The molecule has 1 unspecified atom stereocenters. The molecular weight excluding hydrogens is 240 g/mol. The third kappa shape index (κ3) is 2.84. The fourth-order valence-corrected chi connectivity index (χ4v) is 2.27. The topological polar surface area (TPSA) is 77.8 Å². The minimum Gasteiger partial charge on any atom is -0.358 e. The van der Waals surface area contributed by atoms with Gasteiger partial charge in [-0.1, -0.05) is 0 Å². The highest BCUT2D eigenvalue weighted by molar-refractivity contribution is 5.84. The highest BCUT2D eigenvalue weighted by Gasteiger charge is 2.19. The minimum atomic E-state index is -0.404. The molecule has 0 aliphatic heterocycles. The van der Waals surface area contributed by atoms with Crippen molar-refractivity contribution in [2.75, 3.05) is 11.9 Å². The average Bonchev–Trinajstić information content (AvgIpc) is 2.85. The maximum atomic E-state index is 11.7. The maximum Gasteiger partial charge on any atom is 0.242 e. The van der Waals surface area contributed by atoms with Gasteiger partial charge in [-0.2, -0.15) is 5.26 Å². The number of carbonyl (C=O) groups excluding carboxylic acids is 1. The number of aryl methyl sites for hydroxylation is 2. The van der Waals surface area contributed by atoms with Gasteiger partial charge in [-0.15, -0.1) is 0 Å². The molecule has 19 heavy (non-hydrogen) atoms. The molecule has 5 nitrogen and oxygen atoms in total. The molecule has 0 fully saturated rings. The van der Waals surface area contributed by atoms with Crippen LogP contribution in [0.25, 0.3) is 0 Å².